The minimum Gasteiger partial charge on any atom is -0.480 e. The maximum absolute atomic E-state index is 10.8. The molecule has 0 saturated carbocycles. The van der Waals surface area contributed by atoms with Gasteiger partial charge < -0.3 is 10.8 Å². The molecule has 3 aromatic carbocycles. The first-order valence-electron chi connectivity index (χ1n) is 7.86. The summed E-state index contributed by atoms with van der Waals surface area (Å²) in [6, 6.07) is 25.7. The molecule has 0 saturated heterocycles. The average molecular weight is 317 g/mol. The number of hydrogen-bond donors (Lipinski definition) is 2. The van der Waals surface area contributed by atoms with E-state index in [1.807, 2.05) is 48.5 Å². The standard InChI is InChI=1S/C21H19NO2/c22-20(21(23)24)13-15-9-11-17(12-10-15)19-8-4-7-18(14-19)16-5-2-1-3-6-16/h1-12,14,20H,13,22H2,(H,23,24). The second-order valence-corrected chi connectivity index (χ2v) is 5.79. The van der Waals surface area contributed by atoms with Gasteiger partial charge in [-0.15, -0.1) is 0 Å². The minimum absolute atomic E-state index is 0.333. The van der Waals surface area contributed by atoms with Crippen LogP contribution >= 0.6 is 0 Å². The summed E-state index contributed by atoms with van der Waals surface area (Å²) in [6.45, 7) is 0. The fourth-order valence-electron chi connectivity index (χ4n) is 2.68. The third-order valence-corrected chi connectivity index (χ3v) is 4.03. The van der Waals surface area contributed by atoms with Crippen molar-refractivity contribution in [3.63, 3.8) is 0 Å². The van der Waals surface area contributed by atoms with Crippen LogP contribution in [0.4, 0.5) is 0 Å². The fraction of sp³-hybridized carbons (Fsp3) is 0.0952. The van der Waals surface area contributed by atoms with Gasteiger partial charge in [-0.3, -0.25) is 4.79 Å². The molecular weight excluding hydrogens is 298 g/mol. The molecule has 0 radical (unpaired) electrons. The lowest BCUT2D eigenvalue weighted by atomic mass is 9.97. The number of rotatable bonds is 5. The SMILES string of the molecule is NC(Cc1ccc(-c2cccc(-c3ccccc3)c2)cc1)C(=O)O. The van der Waals surface area contributed by atoms with Crippen LogP contribution in [0.25, 0.3) is 22.3 Å². The Kier molecular flexibility index (Phi) is 4.73. The lowest BCUT2D eigenvalue weighted by Crippen LogP contribution is -2.32. The van der Waals surface area contributed by atoms with Gasteiger partial charge in [0.05, 0.1) is 0 Å². The van der Waals surface area contributed by atoms with Crippen molar-refractivity contribution in [3.05, 3.63) is 84.4 Å². The Balaban J connectivity index is 1.83. The van der Waals surface area contributed by atoms with Gasteiger partial charge in [0.15, 0.2) is 0 Å². The Morgan fingerprint density at radius 2 is 1.33 bits per heavy atom. The molecule has 1 unspecified atom stereocenters. The molecule has 0 aliphatic carbocycles. The monoisotopic (exact) mass is 317 g/mol. The maximum Gasteiger partial charge on any atom is 0.320 e. The molecule has 3 aromatic rings. The molecule has 3 heteroatoms. The van der Waals surface area contributed by atoms with Crippen LogP contribution in [0.2, 0.25) is 0 Å². The van der Waals surface area contributed by atoms with Crippen LogP contribution in [0.5, 0.6) is 0 Å². The molecule has 0 amide bonds. The van der Waals surface area contributed by atoms with Crippen LogP contribution in [0, 0.1) is 0 Å². The number of carboxylic acid groups (broad SMARTS) is 1. The van der Waals surface area contributed by atoms with E-state index in [9.17, 15) is 4.79 Å². The van der Waals surface area contributed by atoms with Gasteiger partial charge in [0, 0.05) is 0 Å². The van der Waals surface area contributed by atoms with E-state index in [0.717, 1.165) is 16.7 Å². The molecule has 0 aliphatic rings. The zero-order chi connectivity index (χ0) is 16.9. The van der Waals surface area contributed by atoms with Crippen molar-refractivity contribution < 1.29 is 9.90 Å². The van der Waals surface area contributed by atoms with Crippen LogP contribution in [0.3, 0.4) is 0 Å². The topological polar surface area (TPSA) is 63.3 Å². The van der Waals surface area contributed by atoms with Crippen LogP contribution in [0.15, 0.2) is 78.9 Å². The Bertz CT molecular complexity index is 826. The second kappa shape index (κ2) is 7.11. The molecule has 0 spiro atoms. The van der Waals surface area contributed by atoms with Crippen molar-refractivity contribution >= 4 is 5.97 Å². The number of benzene rings is 3. The van der Waals surface area contributed by atoms with Gasteiger partial charge in [-0.25, -0.2) is 0 Å². The molecule has 120 valence electrons. The highest BCUT2D eigenvalue weighted by molar-refractivity contribution is 5.74. The quantitative estimate of drug-likeness (QED) is 0.748. The van der Waals surface area contributed by atoms with Crippen molar-refractivity contribution in [2.24, 2.45) is 5.73 Å². The van der Waals surface area contributed by atoms with Gasteiger partial charge >= 0.3 is 5.97 Å². The van der Waals surface area contributed by atoms with Crippen LogP contribution in [0.1, 0.15) is 5.56 Å². The largest absolute Gasteiger partial charge is 0.480 e. The van der Waals surface area contributed by atoms with E-state index >= 15 is 0 Å². The highest BCUT2D eigenvalue weighted by Crippen LogP contribution is 2.26. The van der Waals surface area contributed by atoms with E-state index in [-0.39, 0.29) is 0 Å². The van der Waals surface area contributed by atoms with E-state index < -0.39 is 12.0 Å². The third kappa shape index (κ3) is 3.70. The Labute approximate surface area is 141 Å². The average Bonchev–Trinajstić information content (AvgIpc) is 2.63. The summed E-state index contributed by atoms with van der Waals surface area (Å²) in [6.07, 6.45) is 0.333. The number of carboxylic acids is 1. The predicted molar refractivity (Wildman–Crippen MR) is 96.6 cm³/mol. The lowest BCUT2D eigenvalue weighted by Gasteiger charge is -2.09. The first-order chi connectivity index (χ1) is 11.6. The lowest BCUT2D eigenvalue weighted by molar-refractivity contribution is -0.138. The molecule has 0 aliphatic heterocycles. The molecule has 1 atom stereocenters. The van der Waals surface area contributed by atoms with Gasteiger partial charge in [0.1, 0.15) is 6.04 Å². The summed E-state index contributed by atoms with van der Waals surface area (Å²) in [5, 5.41) is 8.89. The minimum atomic E-state index is -0.977. The van der Waals surface area contributed by atoms with Crippen molar-refractivity contribution in [2.45, 2.75) is 12.5 Å². The summed E-state index contributed by atoms with van der Waals surface area (Å²) in [4.78, 5) is 10.8. The van der Waals surface area contributed by atoms with Crippen molar-refractivity contribution in [1.29, 1.82) is 0 Å². The molecule has 3 nitrogen and oxygen atoms in total. The smallest absolute Gasteiger partial charge is 0.320 e. The van der Waals surface area contributed by atoms with E-state index in [2.05, 4.69) is 30.3 Å². The van der Waals surface area contributed by atoms with Gasteiger partial charge in [0.25, 0.3) is 0 Å². The van der Waals surface area contributed by atoms with E-state index in [0.29, 0.717) is 6.42 Å². The zero-order valence-corrected chi connectivity index (χ0v) is 13.2. The Hall–Kier alpha value is -2.91. The summed E-state index contributed by atoms with van der Waals surface area (Å²) < 4.78 is 0. The Morgan fingerprint density at radius 3 is 1.92 bits per heavy atom. The first kappa shape index (κ1) is 16.0. The van der Waals surface area contributed by atoms with E-state index in [1.54, 1.807) is 0 Å². The van der Waals surface area contributed by atoms with Gasteiger partial charge in [-0.05, 0) is 40.3 Å². The number of hydrogen-bond acceptors (Lipinski definition) is 2. The summed E-state index contributed by atoms with van der Waals surface area (Å²) in [7, 11) is 0. The molecule has 0 aromatic heterocycles. The van der Waals surface area contributed by atoms with Crippen molar-refractivity contribution in [3.8, 4) is 22.3 Å². The number of carbonyl (C=O) groups is 1. The molecule has 0 heterocycles. The maximum atomic E-state index is 10.8. The fourth-order valence-corrected chi connectivity index (χ4v) is 2.68. The zero-order valence-electron chi connectivity index (χ0n) is 13.2. The molecule has 0 bridgehead atoms. The van der Waals surface area contributed by atoms with Crippen LogP contribution < -0.4 is 5.73 Å². The first-order valence-corrected chi connectivity index (χ1v) is 7.86. The number of aliphatic carboxylic acids is 1. The predicted octanol–water partition coefficient (Wildman–Crippen LogP) is 3.98. The highest BCUT2D eigenvalue weighted by atomic mass is 16.4. The van der Waals surface area contributed by atoms with Gasteiger partial charge in [-0.1, -0.05) is 72.8 Å². The van der Waals surface area contributed by atoms with Crippen molar-refractivity contribution in [2.75, 3.05) is 0 Å². The molecule has 3 rings (SSSR count). The third-order valence-electron chi connectivity index (χ3n) is 4.03. The molecule has 0 fully saturated rings. The van der Waals surface area contributed by atoms with E-state index in [1.165, 1.54) is 11.1 Å². The normalized spacial score (nSPS) is 11.9. The highest BCUT2D eigenvalue weighted by Gasteiger charge is 2.12. The van der Waals surface area contributed by atoms with Gasteiger partial charge in [0.2, 0.25) is 0 Å². The molecular formula is C21H19NO2. The van der Waals surface area contributed by atoms with Gasteiger partial charge in [-0.2, -0.15) is 0 Å². The second-order valence-electron chi connectivity index (χ2n) is 5.79. The number of nitrogens with two attached hydrogens (primary N) is 1. The summed E-state index contributed by atoms with van der Waals surface area (Å²) in [5.74, 6) is -0.977. The van der Waals surface area contributed by atoms with Crippen molar-refractivity contribution in [1.82, 2.24) is 0 Å². The van der Waals surface area contributed by atoms with E-state index in [4.69, 9.17) is 10.8 Å². The Morgan fingerprint density at radius 1 is 0.792 bits per heavy atom. The summed E-state index contributed by atoms with van der Waals surface area (Å²) in [5.41, 5.74) is 11.1. The van der Waals surface area contributed by atoms with Crippen LogP contribution in [-0.4, -0.2) is 17.1 Å². The van der Waals surface area contributed by atoms with Crippen LogP contribution in [-0.2, 0) is 11.2 Å². The molecule has 24 heavy (non-hydrogen) atoms. The molecule has 3 N–H and O–H groups in total. The summed E-state index contributed by atoms with van der Waals surface area (Å²) >= 11 is 0.